The molecule has 138 valence electrons. The zero-order valence-electron chi connectivity index (χ0n) is 14.0. The van der Waals surface area contributed by atoms with Gasteiger partial charge in [-0.25, -0.2) is 0 Å². The largest absolute Gasteiger partial charge is 0.433 e. The van der Waals surface area contributed by atoms with Crippen molar-refractivity contribution >= 4 is 5.91 Å². The molecule has 0 aromatic carbocycles. The number of rotatable bonds is 3. The topological polar surface area (TPSA) is 45.7 Å². The molecule has 0 saturated carbocycles. The minimum absolute atomic E-state index is 0.195. The summed E-state index contributed by atoms with van der Waals surface area (Å²) in [6.07, 6.45) is -0.179. The first-order chi connectivity index (χ1) is 11.9. The van der Waals surface area contributed by atoms with E-state index in [1.165, 1.54) is 6.07 Å². The van der Waals surface area contributed by atoms with E-state index in [1.807, 2.05) is 0 Å². The lowest BCUT2D eigenvalue weighted by atomic mass is 10.2. The lowest BCUT2D eigenvalue weighted by Gasteiger charge is -2.24. The predicted molar refractivity (Wildman–Crippen MR) is 85.2 cm³/mol. The van der Waals surface area contributed by atoms with Crippen LogP contribution in [0.1, 0.15) is 35.3 Å². The fourth-order valence-electron chi connectivity index (χ4n) is 3.30. The van der Waals surface area contributed by atoms with Crippen molar-refractivity contribution in [3.8, 4) is 0 Å². The zero-order chi connectivity index (χ0) is 17.9. The summed E-state index contributed by atoms with van der Waals surface area (Å²) in [5.74, 6) is -0.264. The Morgan fingerprint density at radius 3 is 2.68 bits per heavy atom. The highest BCUT2D eigenvalue weighted by molar-refractivity contribution is 5.93. The number of carbonyl (C=O) groups excluding carboxylic acids is 1. The standard InChI is InChI=1S/C17H22F3N3O2/c18-17(19,20)15-5-4-13(11-21-15)16(24)23-7-2-6-22(8-9-23)12-14-3-1-10-25-14/h4-5,11,14H,1-3,6-10,12H2/t14-/m0/s1. The Balaban J connectivity index is 1.57. The molecule has 2 aliphatic heterocycles. The summed E-state index contributed by atoms with van der Waals surface area (Å²) < 4.78 is 43.4. The third-order valence-corrected chi connectivity index (χ3v) is 4.66. The highest BCUT2D eigenvalue weighted by Gasteiger charge is 2.32. The molecule has 3 heterocycles. The van der Waals surface area contributed by atoms with Crippen LogP contribution in [0.15, 0.2) is 18.3 Å². The molecule has 0 radical (unpaired) electrons. The van der Waals surface area contributed by atoms with Crippen LogP contribution in [0.5, 0.6) is 0 Å². The minimum Gasteiger partial charge on any atom is -0.377 e. The molecule has 1 aromatic heterocycles. The van der Waals surface area contributed by atoms with Crippen LogP contribution < -0.4 is 0 Å². The van der Waals surface area contributed by atoms with Crippen molar-refractivity contribution in [3.63, 3.8) is 0 Å². The van der Waals surface area contributed by atoms with Crippen LogP contribution >= 0.6 is 0 Å². The number of hydrogen-bond donors (Lipinski definition) is 0. The predicted octanol–water partition coefficient (Wildman–Crippen LogP) is 2.43. The van der Waals surface area contributed by atoms with Gasteiger partial charge in [0.05, 0.1) is 11.7 Å². The molecule has 2 aliphatic rings. The maximum absolute atomic E-state index is 12.6. The van der Waals surface area contributed by atoms with Gasteiger partial charge in [0.2, 0.25) is 0 Å². The monoisotopic (exact) mass is 357 g/mol. The molecule has 0 spiro atoms. The molecule has 1 aromatic rings. The SMILES string of the molecule is O=C(c1ccc(C(F)(F)F)nc1)N1CCCN(C[C@@H]2CCCO2)CC1. The Hall–Kier alpha value is -1.67. The highest BCUT2D eigenvalue weighted by atomic mass is 19.4. The Kier molecular flexibility index (Phi) is 5.58. The first kappa shape index (κ1) is 18.1. The fourth-order valence-corrected chi connectivity index (χ4v) is 3.30. The van der Waals surface area contributed by atoms with Gasteiger partial charge in [-0.05, 0) is 37.9 Å². The summed E-state index contributed by atoms with van der Waals surface area (Å²) in [7, 11) is 0. The lowest BCUT2D eigenvalue weighted by Crippen LogP contribution is -2.37. The first-order valence-electron chi connectivity index (χ1n) is 8.60. The number of alkyl halides is 3. The van der Waals surface area contributed by atoms with Crippen LogP contribution in [0, 0.1) is 0 Å². The van der Waals surface area contributed by atoms with Crippen molar-refractivity contribution in [1.29, 1.82) is 0 Å². The molecule has 8 heteroatoms. The summed E-state index contributed by atoms with van der Waals surface area (Å²) in [6.45, 7) is 4.51. The van der Waals surface area contributed by atoms with Gasteiger partial charge in [0.25, 0.3) is 5.91 Å². The van der Waals surface area contributed by atoms with Gasteiger partial charge in [-0.3, -0.25) is 14.7 Å². The average molecular weight is 357 g/mol. The number of aromatic nitrogens is 1. The van der Waals surface area contributed by atoms with Gasteiger partial charge in [0, 0.05) is 39.0 Å². The van der Waals surface area contributed by atoms with Gasteiger partial charge in [0.1, 0.15) is 5.69 Å². The summed E-state index contributed by atoms with van der Waals surface area (Å²) in [5.41, 5.74) is -0.789. The van der Waals surface area contributed by atoms with Crippen LogP contribution in [0.3, 0.4) is 0 Å². The van der Waals surface area contributed by atoms with E-state index in [9.17, 15) is 18.0 Å². The second-order valence-corrected chi connectivity index (χ2v) is 6.51. The Morgan fingerprint density at radius 2 is 2.04 bits per heavy atom. The van der Waals surface area contributed by atoms with Crippen LogP contribution in [0.2, 0.25) is 0 Å². The molecule has 0 aliphatic carbocycles. The van der Waals surface area contributed by atoms with Crippen molar-refractivity contribution in [3.05, 3.63) is 29.6 Å². The molecule has 0 unspecified atom stereocenters. The van der Waals surface area contributed by atoms with Crippen LogP contribution in [-0.2, 0) is 10.9 Å². The van der Waals surface area contributed by atoms with Crippen LogP contribution in [0.4, 0.5) is 13.2 Å². The van der Waals surface area contributed by atoms with E-state index >= 15 is 0 Å². The summed E-state index contributed by atoms with van der Waals surface area (Å²) in [4.78, 5) is 19.9. The maximum Gasteiger partial charge on any atom is 0.433 e. The molecular formula is C17H22F3N3O2. The van der Waals surface area contributed by atoms with E-state index in [1.54, 1.807) is 4.90 Å². The zero-order valence-corrected chi connectivity index (χ0v) is 14.0. The molecule has 3 rings (SSSR count). The van der Waals surface area contributed by atoms with E-state index in [-0.39, 0.29) is 17.6 Å². The van der Waals surface area contributed by atoms with Crippen LogP contribution in [-0.4, -0.2) is 66.1 Å². The lowest BCUT2D eigenvalue weighted by molar-refractivity contribution is -0.141. The van der Waals surface area contributed by atoms with Gasteiger partial charge >= 0.3 is 6.18 Å². The van der Waals surface area contributed by atoms with Crippen molar-refractivity contribution in [1.82, 2.24) is 14.8 Å². The second-order valence-electron chi connectivity index (χ2n) is 6.51. The Morgan fingerprint density at radius 1 is 1.20 bits per heavy atom. The number of carbonyl (C=O) groups is 1. The smallest absolute Gasteiger partial charge is 0.377 e. The number of nitrogens with zero attached hydrogens (tertiary/aromatic N) is 3. The van der Waals surface area contributed by atoms with E-state index in [0.29, 0.717) is 13.1 Å². The molecule has 25 heavy (non-hydrogen) atoms. The molecule has 5 nitrogen and oxygen atoms in total. The molecule has 0 bridgehead atoms. The number of ether oxygens (including phenoxy) is 1. The van der Waals surface area contributed by atoms with Crippen molar-refractivity contribution < 1.29 is 22.7 Å². The average Bonchev–Trinajstić information content (AvgIpc) is 2.98. The fraction of sp³-hybridized carbons (Fsp3) is 0.647. The minimum atomic E-state index is -4.49. The number of pyridine rings is 1. The second kappa shape index (κ2) is 7.70. The number of halogens is 3. The normalized spacial score (nSPS) is 22.8. The van der Waals surface area contributed by atoms with Gasteiger partial charge in [0.15, 0.2) is 0 Å². The summed E-state index contributed by atoms with van der Waals surface area (Å²) in [6, 6.07) is 2.06. The Bertz CT molecular complexity index is 586. The van der Waals surface area contributed by atoms with Crippen molar-refractivity contribution in [2.45, 2.75) is 31.5 Å². The third kappa shape index (κ3) is 4.70. The summed E-state index contributed by atoms with van der Waals surface area (Å²) >= 11 is 0. The molecule has 2 saturated heterocycles. The Labute approximate surface area is 144 Å². The van der Waals surface area contributed by atoms with E-state index < -0.39 is 11.9 Å². The van der Waals surface area contributed by atoms with Crippen LogP contribution in [0.25, 0.3) is 0 Å². The van der Waals surface area contributed by atoms with Gasteiger partial charge < -0.3 is 9.64 Å². The van der Waals surface area contributed by atoms with E-state index in [2.05, 4.69) is 9.88 Å². The molecule has 1 amide bonds. The number of amides is 1. The first-order valence-corrected chi connectivity index (χ1v) is 8.60. The summed E-state index contributed by atoms with van der Waals surface area (Å²) in [5, 5.41) is 0. The third-order valence-electron chi connectivity index (χ3n) is 4.66. The van der Waals surface area contributed by atoms with E-state index in [0.717, 1.165) is 57.8 Å². The number of hydrogen-bond acceptors (Lipinski definition) is 4. The molecule has 0 N–H and O–H groups in total. The molecule has 1 atom stereocenters. The molecular weight excluding hydrogens is 335 g/mol. The van der Waals surface area contributed by atoms with Crippen molar-refractivity contribution in [2.75, 3.05) is 39.3 Å². The quantitative estimate of drug-likeness (QED) is 0.834. The van der Waals surface area contributed by atoms with Gasteiger partial charge in [-0.1, -0.05) is 0 Å². The van der Waals surface area contributed by atoms with E-state index in [4.69, 9.17) is 4.74 Å². The van der Waals surface area contributed by atoms with Gasteiger partial charge in [-0.15, -0.1) is 0 Å². The van der Waals surface area contributed by atoms with Gasteiger partial charge in [-0.2, -0.15) is 13.2 Å². The maximum atomic E-state index is 12.6. The molecule has 2 fully saturated rings. The highest BCUT2D eigenvalue weighted by Crippen LogP contribution is 2.27. The van der Waals surface area contributed by atoms with Crippen molar-refractivity contribution in [2.24, 2.45) is 0 Å².